The molecule has 0 aromatic rings. The number of carboxylic acids is 1. The molecule has 1 fully saturated rings. The van der Waals surface area contributed by atoms with Crippen LogP contribution in [0.5, 0.6) is 0 Å². The van der Waals surface area contributed by atoms with Gasteiger partial charge in [0.05, 0.1) is 6.61 Å². The number of hydrogen-bond donors (Lipinski definition) is 3. The molecule has 1 atom stereocenters. The van der Waals surface area contributed by atoms with Crippen LogP contribution in [0.2, 0.25) is 0 Å². The van der Waals surface area contributed by atoms with Crippen LogP contribution in [0.1, 0.15) is 12.8 Å². The lowest BCUT2D eigenvalue weighted by atomic mass is 10.1. The zero-order valence-electron chi connectivity index (χ0n) is 10.3. The second-order valence-electron chi connectivity index (χ2n) is 4.15. The highest BCUT2D eigenvalue weighted by atomic mass is 16.5. The van der Waals surface area contributed by atoms with Crippen molar-refractivity contribution in [1.29, 1.82) is 0 Å². The van der Waals surface area contributed by atoms with Crippen LogP contribution in [-0.2, 0) is 14.3 Å². The Bertz CT molecular complexity index is 266. The molecule has 1 saturated heterocycles. The topological polar surface area (TPSA) is 96.9 Å². The Morgan fingerprint density at radius 3 is 2.78 bits per heavy atom. The van der Waals surface area contributed by atoms with E-state index >= 15 is 0 Å². The molecule has 0 saturated carbocycles. The number of rotatable bonds is 8. The summed E-state index contributed by atoms with van der Waals surface area (Å²) < 4.78 is 10.0. The lowest BCUT2D eigenvalue weighted by Crippen LogP contribution is -2.38. The average molecular weight is 260 g/mol. The molecule has 0 radical (unpaired) electrons. The van der Waals surface area contributed by atoms with E-state index < -0.39 is 5.97 Å². The standard InChI is InChI=1S/C11H20N2O5/c14-10(15)8-18-6-4-13-11(16)12-3-1-9-2-5-17-7-9/h9H,1-8H2,(H,14,15)(H2,12,13,16). The Labute approximate surface area is 106 Å². The summed E-state index contributed by atoms with van der Waals surface area (Å²) in [7, 11) is 0. The van der Waals surface area contributed by atoms with Crippen LogP contribution in [0.4, 0.5) is 4.79 Å². The molecule has 7 nitrogen and oxygen atoms in total. The van der Waals surface area contributed by atoms with E-state index in [2.05, 4.69) is 10.6 Å². The number of nitrogens with one attached hydrogen (secondary N) is 2. The minimum Gasteiger partial charge on any atom is -0.480 e. The summed E-state index contributed by atoms with van der Waals surface area (Å²) in [5.74, 6) is -0.470. The maximum atomic E-state index is 11.3. The second kappa shape index (κ2) is 8.71. The maximum Gasteiger partial charge on any atom is 0.329 e. The van der Waals surface area contributed by atoms with Crippen molar-refractivity contribution in [3.05, 3.63) is 0 Å². The SMILES string of the molecule is O=C(O)COCCNC(=O)NCCC1CCOC1. The van der Waals surface area contributed by atoms with Crippen molar-refractivity contribution in [1.82, 2.24) is 10.6 Å². The highest BCUT2D eigenvalue weighted by Crippen LogP contribution is 2.14. The van der Waals surface area contributed by atoms with Crippen LogP contribution in [0.15, 0.2) is 0 Å². The molecule has 3 N–H and O–H groups in total. The van der Waals surface area contributed by atoms with Crippen molar-refractivity contribution in [3.8, 4) is 0 Å². The molecule has 0 aromatic carbocycles. The van der Waals surface area contributed by atoms with Crippen LogP contribution >= 0.6 is 0 Å². The first-order valence-corrected chi connectivity index (χ1v) is 6.07. The summed E-state index contributed by atoms with van der Waals surface area (Å²) >= 11 is 0. The highest BCUT2D eigenvalue weighted by Gasteiger charge is 2.15. The number of carbonyl (C=O) groups excluding carboxylic acids is 1. The number of carboxylic acid groups (broad SMARTS) is 1. The molecule has 0 aliphatic carbocycles. The van der Waals surface area contributed by atoms with Gasteiger partial charge in [0, 0.05) is 26.3 Å². The molecule has 1 unspecified atom stereocenters. The quantitative estimate of drug-likeness (QED) is 0.526. The predicted molar refractivity (Wildman–Crippen MR) is 63.4 cm³/mol. The van der Waals surface area contributed by atoms with Gasteiger partial charge in [0.1, 0.15) is 6.61 Å². The van der Waals surface area contributed by atoms with Gasteiger partial charge < -0.3 is 25.2 Å². The zero-order valence-corrected chi connectivity index (χ0v) is 10.3. The normalized spacial score (nSPS) is 18.6. The van der Waals surface area contributed by atoms with Gasteiger partial charge in [-0.25, -0.2) is 9.59 Å². The van der Waals surface area contributed by atoms with E-state index in [0.717, 1.165) is 26.1 Å². The van der Waals surface area contributed by atoms with E-state index in [1.54, 1.807) is 0 Å². The van der Waals surface area contributed by atoms with Gasteiger partial charge in [0.15, 0.2) is 0 Å². The van der Waals surface area contributed by atoms with Gasteiger partial charge in [-0.05, 0) is 18.8 Å². The Morgan fingerprint density at radius 1 is 1.33 bits per heavy atom. The van der Waals surface area contributed by atoms with Gasteiger partial charge in [0.25, 0.3) is 0 Å². The molecule has 0 aromatic heterocycles. The van der Waals surface area contributed by atoms with Gasteiger partial charge in [0.2, 0.25) is 0 Å². The zero-order chi connectivity index (χ0) is 13.2. The van der Waals surface area contributed by atoms with Crippen LogP contribution in [0.3, 0.4) is 0 Å². The van der Waals surface area contributed by atoms with Gasteiger partial charge in [-0.15, -0.1) is 0 Å². The molecule has 1 aliphatic rings. The molecular weight excluding hydrogens is 240 g/mol. The van der Waals surface area contributed by atoms with Crippen molar-refractivity contribution < 1.29 is 24.2 Å². The molecule has 2 amide bonds. The number of ether oxygens (including phenoxy) is 2. The van der Waals surface area contributed by atoms with Crippen LogP contribution in [-0.4, -0.2) is 56.6 Å². The Hall–Kier alpha value is -1.34. The second-order valence-corrected chi connectivity index (χ2v) is 4.15. The Balaban J connectivity index is 1.88. The molecular formula is C11H20N2O5. The fourth-order valence-corrected chi connectivity index (χ4v) is 1.66. The average Bonchev–Trinajstić information content (AvgIpc) is 2.81. The van der Waals surface area contributed by atoms with Gasteiger partial charge in [-0.2, -0.15) is 0 Å². The Kier molecular flexibility index (Phi) is 7.12. The molecule has 1 rings (SSSR count). The fourth-order valence-electron chi connectivity index (χ4n) is 1.66. The van der Waals surface area contributed by atoms with Gasteiger partial charge in [-0.1, -0.05) is 0 Å². The van der Waals surface area contributed by atoms with Crippen molar-refractivity contribution >= 4 is 12.0 Å². The van der Waals surface area contributed by atoms with E-state index in [1.165, 1.54) is 0 Å². The third-order valence-electron chi connectivity index (χ3n) is 2.62. The summed E-state index contributed by atoms with van der Waals surface area (Å²) in [6.07, 6.45) is 1.98. The summed E-state index contributed by atoms with van der Waals surface area (Å²) in [4.78, 5) is 21.4. The smallest absolute Gasteiger partial charge is 0.329 e. The lowest BCUT2D eigenvalue weighted by Gasteiger charge is -2.09. The molecule has 1 aliphatic heterocycles. The molecule has 18 heavy (non-hydrogen) atoms. The Morgan fingerprint density at radius 2 is 2.11 bits per heavy atom. The first-order valence-electron chi connectivity index (χ1n) is 6.07. The molecule has 7 heteroatoms. The monoisotopic (exact) mass is 260 g/mol. The minimum atomic E-state index is -1.02. The fraction of sp³-hybridized carbons (Fsp3) is 0.818. The third kappa shape index (κ3) is 7.08. The van der Waals surface area contributed by atoms with Crippen molar-refractivity contribution in [2.45, 2.75) is 12.8 Å². The van der Waals surface area contributed by atoms with E-state index in [1.807, 2.05) is 0 Å². The summed E-state index contributed by atoms with van der Waals surface area (Å²) in [5.41, 5.74) is 0. The highest BCUT2D eigenvalue weighted by molar-refractivity contribution is 5.73. The number of amides is 2. The number of carbonyl (C=O) groups is 2. The van der Waals surface area contributed by atoms with Crippen LogP contribution in [0, 0.1) is 5.92 Å². The van der Waals surface area contributed by atoms with E-state index in [4.69, 9.17) is 14.6 Å². The maximum absolute atomic E-state index is 11.3. The summed E-state index contributed by atoms with van der Waals surface area (Å²) in [6.45, 7) is 2.37. The number of urea groups is 1. The van der Waals surface area contributed by atoms with Crippen molar-refractivity contribution in [2.24, 2.45) is 5.92 Å². The van der Waals surface area contributed by atoms with Gasteiger partial charge >= 0.3 is 12.0 Å². The van der Waals surface area contributed by atoms with Crippen molar-refractivity contribution in [3.63, 3.8) is 0 Å². The molecule has 104 valence electrons. The van der Waals surface area contributed by atoms with Crippen LogP contribution < -0.4 is 10.6 Å². The summed E-state index contributed by atoms with van der Waals surface area (Å²) in [6, 6.07) is -0.257. The van der Waals surface area contributed by atoms with E-state index in [-0.39, 0.29) is 19.2 Å². The van der Waals surface area contributed by atoms with Gasteiger partial charge in [-0.3, -0.25) is 0 Å². The first kappa shape index (κ1) is 14.7. The first-order chi connectivity index (χ1) is 8.68. The molecule has 0 bridgehead atoms. The number of aliphatic carboxylic acids is 1. The largest absolute Gasteiger partial charge is 0.480 e. The predicted octanol–water partition coefficient (Wildman–Crippen LogP) is -0.187. The van der Waals surface area contributed by atoms with E-state index in [9.17, 15) is 9.59 Å². The summed E-state index contributed by atoms with van der Waals surface area (Å²) in [5, 5.41) is 13.6. The van der Waals surface area contributed by atoms with E-state index in [0.29, 0.717) is 19.0 Å². The minimum absolute atomic E-state index is 0.191. The third-order valence-corrected chi connectivity index (χ3v) is 2.62. The number of hydrogen-bond acceptors (Lipinski definition) is 4. The van der Waals surface area contributed by atoms with Crippen LogP contribution in [0.25, 0.3) is 0 Å². The lowest BCUT2D eigenvalue weighted by molar-refractivity contribution is -0.142. The molecule has 1 heterocycles. The molecule has 0 spiro atoms. The van der Waals surface area contributed by atoms with Crippen molar-refractivity contribution in [2.75, 3.05) is 39.5 Å².